The lowest BCUT2D eigenvalue weighted by Gasteiger charge is -2.16. The first-order valence-corrected chi connectivity index (χ1v) is 5.98. The summed E-state index contributed by atoms with van der Waals surface area (Å²) < 4.78 is 5.04. The van der Waals surface area contributed by atoms with Crippen LogP contribution in [0.5, 0.6) is 0 Å². The Morgan fingerprint density at radius 3 is 2.88 bits per heavy atom. The van der Waals surface area contributed by atoms with Gasteiger partial charge in [0.25, 0.3) is 0 Å². The molecule has 1 unspecified atom stereocenters. The van der Waals surface area contributed by atoms with Crippen LogP contribution in [0.25, 0.3) is 0 Å². The molecule has 0 aliphatic carbocycles. The van der Waals surface area contributed by atoms with Gasteiger partial charge >= 0.3 is 0 Å². The summed E-state index contributed by atoms with van der Waals surface area (Å²) in [6.07, 6.45) is 0.906. The predicted octanol–water partition coefficient (Wildman–Crippen LogP) is 1.86. The van der Waals surface area contributed by atoms with Gasteiger partial charge in [-0.25, -0.2) is 4.98 Å². The number of anilines is 1. The zero-order valence-electron chi connectivity index (χ0n) is 10.5. The maximum absolute atomic E-state index is 5.67. The molecular formula is C12H19N3OS. The molecule has 1 heterocycles. The largest absolute Gasteiger partial charge is 0.389 e. The van der Waals surface area contributed by atoms with Gasteiger partial charge in [-0.3, -0.25) is 0 Å². The maximum Gasteiger partial charge on any atom is 0.136 e. The van der Waals surface area contributed by atoms with Gasteiger partial charge in [-0.1, -0.05) is 12.2 Å². The summed E-state index contributed by atoms with van der Waals surface area (Å²) >= 11 is 5.01. The van der Waals surface area contributed by atoms with Crippen LogP contribution in [0.3, 0.4) is 0 Å². The molecule has 0 saturated carbocycles. The van der Waals surface area contributed by atoms with Crippen molar-refractivity contribution in [3.05, 3.63) is 23.4 Å². The Balaban J connectivity index is 2.81. The second kappa shape index (κ2) is 6.51. The molecule has 0 fully saturated rings. The standard InChI is InChI=1S/C12H19N3OS/c1-8-4-5-10(11(13)17)12(14-8)15-9(2)6-7-16-3/h4-5,9H,6-7H2,1-3H3,(H2,13,17)(H,14,15). The van der Waals surface area contributed by atoms with Crippen molar-refractivity contribution < 1.29 is 4.74 Å². The molecule has 1 rings (SSSR count). The van der Waals surface area contributed by atoms with Crippen LogP contribution < -0.4 is 11.1 Å². The van der Waals surface area contributed by atoms with Crippen molar-refractivity contribution in [2.75, 3.05) is 19.0 Å². The van der Waals surface area contributed by atoms with Gasteiger partial charge in [0.15, 0.2) is 0 Å². The summed E-state index contributed by atoms with van der Waals surface area (Å²) in [5.74, 6) is 0.751. The zero-order valence-corrected chi connectivity index (χ0v) is 11.3. The molecule has 0 radical (unpaired) electrons. The Bertz CT molecular complexity index is 395. The van der Waals surface area contributed by atoms with E-state index in [4.69, 9.17) is 22.7 Å². The molecule has 3 N–H and O–H groups in total. The van der Waals surface area contributed by atoms with E-state index in [1.807, 2.05) is 19.1 Å². The molecule has 1 aromatic heterocycles. The van der Waals surface area contributed by atoms with Crippen LogP contribution in [0.1, 0.15) is 24.6 Å². The van der Waals surface area contributed by atoms with Gasteiger partial charge < -0.3 is 15.8 Å². The molecule has 0 bridgehead atoms. The van der Waals surface area contributed by atoms with Crippen molar-refractivity contribution in [3.8, 4) is 0 Å². The van der Waals surface area contributed by atoms with Gasteiger partial charge in [0.1, 0.15) is 10.8 Å². The molecular weight excluding hydrogens is 234 g/mol. The number of nitrogens with two attached hydrogens (primary N) is 1. The van der Waals surface area contributed by atoms with Gasteiger partial charge in [0.05, 0.1) is 5.56 Å². The number of aryl methyl sites for hydroxylation is 1. The molecule has 0 aromatic carbocycles. The lowest BCUT2D eigenvalue weighted by atomic mass is 10.2. The minimum absolute atomic E-state index is 0.261. The minimum Gasteiger partial charge on any atom is -0.389 e. The van der Waals surface area contributed by atoms with Gasteiger partial charge in [-0.05, 0) is 32.4 Å². The molecule has 17 heavy (non-hydrogen) atoms. The topological polar surface area (TPSA) is 60.2 Å². The molecule has 94 valence electrons. The van der Waals surface area contributed by atoms with E-state index >= 15 is 0 Å². The average Bonchev–Trinajstić information content (AvgIpc) is 2.26. The van der Waals surface area contributed by atoms with Crippen LogP contribution in [0.4, 0.5) is 5.82 Å². The van der Waals surface area contributed by atoms with Crippen LogP contribution >= 0.6 is 12.2 Å². The molecule has 0 aliphatic rings. The van der Waals surface area contributed by atoms with Crippen LogP contribution in [0.2, 0.25) is 0 Å². The number of hydrogen-bond donors (Lipinski definition) is 2. The summed E-state index contributed by atoms with van der Waals surface area (Å²) in [5, 5.41) is 3.31. The fourth-order valence-corrected chi connectivity index (χ4v) is 1.63. The Morgan fingerprint density at radius 2 is 2.29 bits per heavy atom. The minimum atomic E-state index is 0.261. The molecule has 0 aliphatic heterocycles. The third-order valence-corrected chi connectivity index (χ3v) is 2.66. The number of ether oxygens (including phenoxy) is 1. The molecule has 1 atom stereocenters. The Morgan fingerprint density at radius 1 is 1.59 bits per heavy atom. The first-order valence-electron chi connectivity index (χ1n) is 5.57. The first kappa shape index (κ1) is 13.9. The fourth-order valence-electron chi connectivity index (χ4n) is 1.47. The van der Waals surface area contributed by atoms with Crippen molar-refractivity contribution >= 4 is 23.0 Å². The van der Waals surface area contributed by atoms with E-state index in [0.29, 0.717) is 11.6 Å². The fraction of sp³-hybridized carbons (Fsp3) is 0.500. The highest BCUT2D eigenvalue weighted by molar-refractivity contribution is 7.80. The monoisotopic (exact) mass is 253 g/mol. The third kappa shape index (κ3) is 4.28. The number of rotatable bonds is 6. The van der Waals surface area contributed by atoms with Gasteiger partial charge in [-0.15, -0.1) is 0 Å². The van der Waals surface area contributed by atoms with E-state index in [-0.39, 0.29) is 6.04 Å². The Kier molecular flexibility index (Phi) is 5.31. The number of nitrogens with zero attached hydrogens (tertiary/aromatic N) is 1. The van der Waals surface area contributed by atoms with Crippen molar-refractivity contribution in [3.63, 3.8) is 0 Å². The van der Waals surface area contributed by atoms with Crippen molar-refractivity contribution in [2.45, 2.75) is 26.3 Å². The Hall–Kier alpha value is -1.20. The van der Waals surface area contributed by atoms with E-state index in [0.717, 1.165) is 23.5 Å². The van der Waals surface area contributed by atoms with Crippen LogP contribution in [0, 0.1) is 6.92 Å². The van der Waals surface area contributed by atoms with Crippen LogP contribution in [0.15, 0.2) is 12.1 Å². The number of aromatic nitrogens is 1. The van der Waals surface area contributed by atoms with Crippen molar-refractivity contribution in [1.82, 2.24) is 4.98 Å². The summed E-state index contributed by atoms with van der Waals surface area (Å²) in [6, 6.07) is 4.06. The molecule has 0 spiro atoms. The molecule has 0 saturated heterocycles. The second-order valence-electron chi connectivity index (χ2n) is 4.04. The number of nitrogens with one attached hydrogen (secondary N) is 1. The summed E-state index contributed by atoms with van der Waals surface area (Å²) in [7, 11) is 1.69. The third-order valence-electron chi connectivity index (χ3n) is 2.44. The molecule has 0 amide bonds. The summed E-state index contributed by atoms with van der Waals surface area (Å²) in [6.45, 7) is 4.73. The Labute approximate surface area is 108 Å². The average molecular weight is 253 g/mol. The van der Waals surface area contributed by atoms with Gasteiger partial charge in [-0.2, -0.15) is 0 Å². The van der Waals surface area contributed by atoms with E-state index in [1.165, 1.54) is 0 Å². The number of methoxy groups -OCH3 is 1. The quantitative estimate of drug-likeness (QED) is 0.758. The second-order valence-corrected chi connectivity index (χ2v) is 4.48. The summed E-state index contributed by atoms with van der Waals surface area (Å²) in [5.41, 5.74) is 7.39. The van der Waals surface area contributed by atoms with Crippen LogP contribution in [-0.2, 0) is 4.74 Å². The van der Waals surface area contributed by atoms with Gasteiger partial charge in [0, 0.05) is 25.5 Å². The molecule has 1 aromatic rings. The van der Waals surface area contributed by atoms with Gasteiger partial charge in [0.2, 0.25) is 0 Å². The number of hydrogen-bond acceptors (Lipinski definition) is 4. The highest BCUT2D eigenvalue weighted by Crippen LogP contribution is 2.15. The highest BCUT2D eigenvalue weighted by Gasteiger charge is 2.10. The van der Waals surface area contributed by atoms with E-state index in [9.17, 15) is 0 Å². The first-order chi connectivity index (χ1) is 8.04. The molecule has 5 heteroatoms. The van der Waals surface area contributed by atoms with E-state index in [2.05, 4.69) is 17.2 Å². The maximum atomic E-state index is 5.67. The smallest absolute Gasteiger partial charge is 0.136 e. The summed E-state index contributed by atoms with van der Waals surface area (Å²) in [4.78, 5) is 4.78. The molecule has 4 nitrogen and oxygen atoms in total. The number of thiocarbonyl (C=S) groups is 1. The zero-order chi connectivity index (χ0) is 12.8. The predicted molar refractivity (Wildman–Crippen MR) is 74.4 cm³/mol. The van der Waals surface area contributed by atoms with E-state index < -0.39 is 0 Å². The lowest BCUT2D eigenvalue weighted by Crippen LogP contribution is -2.22. The van der Waals surface area contributed by atoms with Crippen molar-refractivity contribution in [1.29, 1.82) is 0 Å². The SMILES string of the molecule is COCCC(C)Nc1nc(C)ccc1C(N)=S. The van der Waals surface area contributed by atoms with Crippen molar-refractivity contribution in [2.24, 2.45) is 5.73 Å². The van der Waals surface area contributed by atoms with E-state index in [1.54, 1.807) is 7.11 Å². The normalized spacial score (nSPS) is 12.2. The lowest BCUT2D eigenvalue weighted by molar-refractivity contribution is 0.191. The van der Waals surface area contributed by atoms with Crippen LogP contribution in [-0.4, -0.2) is 29.7 Å². The highest BCUT2D eigenvalue weighted by atomic mass is 32.1. The number of pyridine rings is 1.